The van der Waals surface area contributed by atoms with Gasteiger partial charge in [0.05, 0.1) is 0 Å². The standard InChI is InChI=1S/C5H9.ClH.Zn/c1-2-5-3-4-5;;/h5H,1-4H2;1H;/q-1;;+2/p-1. The molecule has 1 fully saturated rings. The fourth-order valence-corrected chi connectivity index (χ4v) is 0.407. The summed E-state index contributed by atoms with van der Waals surface area (Å²) in [5.74, 6) is 1.02. The Bertz CT molecular complexity index is 35.1. The third-order valence-corrected chi connectivity index (χ3v) is 1.11. The molecular weight excluding hydrogens is 161 g/mol. The van der Waals surface area contributed by atoms with E-state index < -0.39 is 0 Å². The molecule has 0 spiro atoms. The first-order valence-corrected chi connectivity index (χ1v) is 2.22. The van der Waals surface area contributed by atoms with Crippen molar-refractivity contribution >= 4 is 0 Å². The van der Waals surface area contributed by atoms with E-state index in [1.165, 1.54) is 19.3 Å². The molecule has 0 aromatic carbocycles. The first kappa shape index (κ1) is 10.8. The van der Waals surface area contributed by atoms with Gasteiger partial charge in [0.25, 0.3) is 0 Å². The summed E-state index contributed by atoms with van der Waals surface area (Å²) in [4.78, 5) is 0. The Morgan fingerprint density at radius 3 is 1.86 bits per heavy atom. The second-order valence-corrected chi connectivity index (χ2v) is 1.73. The molecule has 7 heavy (non-hydrogen) atoms. The van der Waals surface area contributed by atoms with Gasteiger partial charge in [-0.25, -0.2) is 0 Å². The van der Waals surface area contributed by atoms with E-state index in [-0.39, 0.29) is 31.9 Å². The number of hydrogen-bond acceptors (Lipinski definition) is 0. The number of hydrogen-bond donors (Lipinski definition) is 0. The van der Waals surface area contributed by atoms with Crippen molar-refractivity contribution in [2.45, 2.75) is 19.3 Å². The molecule has 1 rings (SSSR count). The zero-order chi connectivity index (χ0) is 3.70. The van der Waals surface area contributed by atoms with Crippen molar-refractivity contribution in [3.05, 3.63) is 6.92 Å². The van der Waals surface area contributed by atoms with Gasteiger partial charge in [0.2, 0.25) is 0 Å². The molecule has 0 unspecified atom stereocenters. The third kappa shape index (κ3) is 4.77. The molecule has 0 aliphatic heterocycles. The molecule has 0 saturated heterocycles. The molecule has 0 heterocycles. The van der Waals surface area contributed by atoms with Crippen molar-refractivity contribution in [3.63, 3.8) is 0 Å². The molecule has 0 bridgehead atoms. The molecule has 0 aromatic heterocycles. The van der Waals surface area contributed by atoms with Gasteiger partial charge in [0, 0.05) is 0 Å². The van der Waals surface area contributed by atoms with Crippen molar-refractivity contribution < 1.29 is 31.9 Å². The normalized spacial score (nSPS) is 16.7. The SMILES string of the molecule is [CH2-]CC1CC1.[Cl-].[Zn+2]. The van der Waals surface area contributed by atoms with Crippen molar-refractivity contribution in [1.29, 1.82) is 0 Å². The average Bonchev–Trinajstić information content (AvgIpc) is 2.12. The van der Waals surface area contributed by atoms with Crippen molar-refractivity contribution in [1.82, 2.24) is 0 Å². The Labute approximate surface area is 64.2 Å². The van der Waals surface area contributed by atoms with Crippen LogP contribution in [0.5, 0.6) is 0 Å². The van der Waals surface area contributed by atoms with Crippen molar-refractivity contribution in [2.75, 3.05) is 0 Å². The van der Waals surface area contributed by atoms with E-state index in [0.717, 1.165) is 5.92 Å². The molecule has 1 aliphatic carbocycles. The zero-order valence-electron chi connectivity index (χ0n) is 4.49. The van der Waals surface area contributed by atoms with Crippen LogP contribution in [0.3, 0.4) is 0 Å². The van der Waals surface area contributed by atoms with Gasteiger partial charge in [-0.05, 0) is 0 Å². The predicted molar refractivity (Wildman–Crippen MR) is 22.7 cm³/mol. The molecule has 0 atom stereocenters. The quantitative estimate of drug-likeness (QED) is 0.336. The minimum Gasteiger partial charge on any atom is -1.00 e. The number of rotatable bonds is 1. The molecule has 0 radical (unpaired) electrons. The Morgan fingerprint density at radius 2 is 1.86 bits per heavy atom. The van der Waals surface area contributed by atoms with E-state index in [1.807, 2.05) is 0 Å². The van der Waals surface area contributed by atoms with Gasteiger partial charge >= 0.3 is 19.5 Å². The van der Waals surface area contributed by atoms with Crippen LogP contribution in [0.25, 0.3) is 0 Å². The molecule has 38 valence electrons. The van der Waals surface area contributed by atoms with Gasteiger partial charge in [0.1, 0.15) is 0 Å². The Morgan fingerprint density at radius 1 is 1.43 bits per heavy atom. The van der Waals surface area contributed by atoms with Crippen LogP contribution in [0.4, 0.5) is 0 Å². The summed E-state index contributed by atoms with van der Waals surface area (Å²) in [6.07, 6.45) is 4.06. The van der Waals surface area contributed by atoms with Gasteiger partial charge in [-0.3, -0.25) is 0 Å². The second-order valence-electron chi connectivity index (χ2n) is 1.73. The Balaban J connectivity index is 0. The summed E-state index contributed by atoms with van der Waals surface area (Å²) < 4.78 is 0. The van der Waals surface area contributed by atoms with Crippen LogP contribution in [0, 0.1) is 12.8 Å². The van der Waals surface area contributed by atoms with Crippen LogP contribution in [-0.4, -0.2) is 0 Å². The summed E-state index contributed by atoms with van der Waals surface area (Å²) in [7, 11) is 0. The van der Waals surface area contributed by atoms with Crippen LogP contribution >= 0.6 is 0 Å². The van der Waals surface area contributed by atoms with Crippen LogP contribution in [0.15, 0.2) is 0 Å². The van der Waals surface area contributed by atoms with E-state index in [2.05, 4.69) is 6.92 Å². The van der Waals surface area contributed by atoms with Crippen LogP contribution in [-0.2, 0) is 19.5 Å². The molecule has 0 nitrogen and oxygen atoms in total. The molecule has 0 aromatic rings. The summed E-state index contributed by atoms with van der Waals surface area (Å²) in [5.41, 5.74) is 0. The smallest absolute Gasteiger partial charge is 1.00 e. The van der Waals surface area contributed by atoms with Gasteiger partial charge in [0.15, 0.2) is 0 Å². The molecule has 0 N–H and O–H groups in total. The van der Waals surface area contributed by atoms with Crippen molar-refractivity contribution in [2.24, 2.45) is 5.92 Å². The van der Waals surface area contributed by atoms with Crippen LogP contribution in [0.1, 0.15) is 19.3 Å². The van der Waals surface area contributed by atoms with Crippen LogP contribution < -0.4 is 12.4 Å². The maximum Gasteiger partial charge on any atom is 2.00 e. The minimum atomic E-state index is 0. The van der Waals surface area contributed by atoms with E-state index >= 15 is 0 Å². The molecule has 1 aliphatic rings. The summed E-state index contributed by atoms with van der Waals surface area (Å²) in [5, 5.41) is 0. The first-order chi connectivity index (χ1) is 2.43. The topological polar surface area (TPSA) is 0 Å². The Kier molecular flexibility index (Phi) is 7.82. The average molecular weight is 170 g/mol. The van der Waals surface area contributed by atoms with E-state index in [4.69, 9.17) is 0 Å². The van der Waals surface area contributed by atoms with Crippen molar-refractivity contribution in [3.8, 4) is 0 Å². The first-order valence-electron chi connectivity index (χ1n) is 2.22. The second kappa shape index (κ2) is 5.06. The minimum absolute atomic E-state index is 0. The predicted octanol–water partition coefficient (Wildman–Crippen LogP) is -1.38. The largest absolute Gasteiger partial charge is 2.00 e. The monoisotopic (exact) mass is 168 g/mol. The summed E-state index contributed by atoms with van der Waals surface area (Å²) >= 11 is 0. The van der Waals surface area contributed by atoms with E-state index in [1.54, 1.807) is 0 Å². The van der Waals surface area contributed by atoms with E-state index in [9.17, 15) is 0 Å². The maximum absolute atomic E-state index is 3.75. The van der Waals surface area contributed by atoms with E-state index in [0.29, 0.717) is 0 Å². The zero-order valence-corrected chi connectivity index (χ0v) is 8.21. The fraction of sp³-hybridized carbons (Fsp3) is 0.800. The molecule has 0 amide bonds. The fourth-order valence-electron chi connectivity index (χ4n) is 0.407. The van der Waals surface area contributed by atoms with Gasteiger partial charge in [-0.1, -0.05) is 18.8 Å². The maximum atomic E-state index is 3.75. The van der Waals surface area contributed by atoms with Gasteiger partial charge < -0.3 is 19.3 Å². The Hall–Kier alpha value is 0.913. The summed E-state index contributed by atoms with van der Waals surface area (Å²) in [6.45, 7) is 3.75. The van der Waals surface area contributed by atoms with Gasteiger partial charge in [-0.15, -0.1) is 0 Å². The third-order valence-electron chi connectivity index (χ3n) is 1.11. The summed E-state index contributed by atoms with van der Waals surface area (Å²) in [6, 6.07) is 0. The van der Waals surface area contributed by atoms with Gasteiger partial charge in [-0.2, -0.15) is 6.42 Å². The van der Waals surface area contributed by atoms with Crippen LogP contribution in [0.2, 0.25) is 0 Å². The molecule has 2 heteroatoms. The molecule has 1 saturated carbocycles. The molecular formula is C5H9ClZn. The number of halogens is 1.